The first-order chi connectivity index (χ1) is 5.85. The van der Waals surface area contributed by atoms with Gasteiger partial charge in [-0.15, -0.1) is 0 Å². The molecule has 12 heavy (non-hydrogen) atoms. The summed E-state index contributed by atoms with van der Waals surface area (Å²) in [6.07, 6.45) is 0. The van der Waals surface area contributed by atoms with Crippen molar-refractivity contribution in [1.29, 1.82) is 0 Å². The quantitative estimate of drug-likeness (QED) is 0.580. The van der Waals surface area contributed by atoms with Crippen molar-refractivity contribution in [2.45, 2.75) is 6.48 Å². The van der Waals surface area contributed by atoms with Crippen LogP contribution in [0.5, 0.6) is 0 Å². The minimum absolute atomic E-state index is 0.500. The van der Waals surface area contributed by atoms with Gasteiger partial charge in [0.05, 0.1) is 13.2 Å². The summed E-state index contributed by atoms with van der Waals surface area (Å²) < 4.78 is 23.3. The standard InChI is InChI=1S/C4H10O3.C3H6O2/c1-5-4(6-2)7-3;1-2-5-3-4-1/h4H,1-3H3;1-3H2. The van der Waals surface area contributed by atoms with Gasteiger partial charge < -0.3 is 23.7 Å². The molecule has 0 saturated carbocycles. The predicted octanol–water partition coefficient (Wildman–Crippen LogP) is 0.200. The highest BCUT2D eigenvalue weighted by Gasteiger charge is 1.97. The van der Waals surface area contributed by atoms with Gasteiger partial charge in [-0.2, -0.15) is 0 Å². The molecule has 1 rings (SSSR count). The van der Waals surface area contributed by atoms with Gasteiger partial charge in [-0.25, -0.2) is 0 Å². The van der Waals surface area contributed by atoms with E-state index < -0.39 is 6.48 Å². The molecule has 0 aliphatic carbocycles. The summed E-state index contributed by atoms with van der Waals surface area (Å²) in [5.41, 5.74) is 0. The molecule has 0 spiro atoms. The van der Waals surface area contributed by atoms with Crippen molar-refractivity contribution >= 4 is 0 Å². The van der Waals surface area contributed by atoms with Gasteiger partial charge in [0.1, 0.15) is 6.79 Å². The van der Waals surface area contributed by atoms with Gasteiger partial charge in [0.15, 0.2) is 0 Å². The van der Waals surface area contributed by atoms with Crippen molar-refractivity contribution in [1.82, 2.24) is 0 Å². The number of ether oxygens (including phenoxy) is 5. The van der Waals surface area contributed by atoms with Gasteiger partial charge in [0.2, 0.25) is 0 Å². The number of rotatable bonds is 3. The lowest BCUT2D eigenvalue weighted by atomic mass is 10.8. The minimum Gasteiger partial charge on any atom is -0.353 e. The molecule has 0 aromatic heterocycles. The predicted molar refractivity (Wildman–Crippen MR) is 41.6 cm³/mol. The molecule has 0 bridgehead atoms. The van der Waals surface area contributed by atoms with Gasteiger partial charge in [-0.05, 0) is 0 Å². The van der Waals surface area contributed by atoms with Gasteiger partial charge in [0.25, 0.3) is 6.48 Å². The fraction of sp³-hybridized carbons (Fsp3) is 1.00. The number of hydrogen-bond donors (Lipinski definition) is 0. The third kappa shape index (κ3) is 6.51. The summed E-state index contributed by atoms with van der Waals surface area (Å²) in [7, 11) is 4.53. The normalized spacial score (nSPS) is 16.0. The van der Waals surface area contributed by atoms with Crippen LogP contribution in [0.3, 0.4) is 0 Å². The first kappa shape index (κ1) is 11.8. The molecule has 0 N–H and O–H groups in total. The van der Waals surface area contributed by atoms with Crippen LogP contribution in [0, 0.1) is 0 Å². The van der Waals surface area contributed by atoms with Crippen LogP contribution in [0.15, 0.2) is 0 Å². The van der Waals surface area contributed by atoms with Crippen LogP contribution >= 0.6 is 0 Å². The Hall–Kier alpha value is -0.200. The highest BCUT2D eigenvalue weighted by atomic mass is 16.8. The maximum atomic E-state index is 4.72. The SMILES string of the molecule is C1COCO1.COC(OC)OC. The van der Waals surface area contributed by atoms with E-state index in [0.29, 0.717) is 6.79 Å². The summed E-state index contributed by atoms with van der Waals surface area (Å²) in [5.74, 6) is 0. The van der Waals surface area contributed by atoms with E-state index in [2.05, 4.69) is 14.2 Å². The lowest BCUT2D eigenvalue weighted by molar-refractivity contribution is -0.252. The van der Waals surface area contributed by atoms with Crippen LogP contribution in [0.4, 0.5) is 0 Å². The van der Waals surface area contributed by atoms with Crippen molar-refractivity contribution in [3.8, 4) is 0 Å². The summed E-state index contributed by atoms with van der Waals surface area (Å²) in [5, 5.41) is 0. The van der Waals surface area contributed by atoms with E-state index >= 15 is 0 Å². The zero-order chi connectivity index (χ0) is 9.23. The Morgan fingerprint density at radius 1 is 0.917 bits per heavy atom. The Labute approximate surface area is 72.5 Å². The molecule has 1 fully saturated rings. The average molecular weight is 180 g/mol. The van der Waals surface area contributed by atoms with Crippen LogP contribution in [-0.4, -0.2) is 47.8 Å². The molecule has 1 aliphatic rings. The van der Waals surface area contributed by atoms with Gasteiger partial charge in [-0.3, -0.25) is 0 Å². The van der Waals surface area contributed by atoms with Crippen molar-refractivity contribution in [3.63, 3.8) is 0 Å². The fourth-order valence-corrected chi connectivity index (χ4v) is 0.583. The molecular formula is C7H16O5. The van der Waals surface area contributed by atoms with E-state index in [-0.39, 0.29) is 0 Å². The maximum Gasteiger partial charge on any atom is 0.270 e. The van der Waals surface area contributed by atoms with E-state index in [0.717, 1.165) is 13.2 Å². The van der Waals surface area contributed by atoms with Crippen molar-refractivity contribution < 1.29 is 23.7 Å². The Morgan fingerprint density at radius 2 is 1.33 bits per heavy atom. The molecule has 1 heterocycles. The van der Waals surface area contributed by atoms with Gasteiger partial charge in [-0.1, -0.05) is 0 Å². The molecule has 0 radical (unpaired) electrons. The third-order valence-electron chi connectivity index (χ3n) is 1.12. The minimum atomic E-state index is -0.514. The van der Waals surface area contributed by atoms with Crippen LogP contribution in [0.1, 0.15) is 0 Å². The largest absolute Gasteiger partial charge is 0.353 e. The fourth-order valence-electron chi connectivity index (χ4n) is 0.583. The lowest BCUT2D eigenvalue weighted by Gasteiger charge is -2.08. The Balaban J connectivity index is 0.000000211. The van der Waals surface area contributed by atoms with E-state index in [1.165, 1.54) is 21.3 Å². The topological polar surface area (TPSA) is 46.2 Å². The molecule has 5 nitrogen and oxygen atoms in total. The molecule has 1 aliphatic heterocycles. The summed E-state index contributed by atoms with van der Waals surface area (Å²) in [6, 6.07) is 0. The first-order valence-corrected chi connectivity index (χ1v) is 3.59. The van der Waals surface area contributed by atoms with E-state index in [4.69, 9.17) is 9.47 Å². The second-order valence-electron chi connectivity index (χ2n) is 1.93. The molecule has 0 amide bonds. The highest BCUT2D eigenvalue weighted by molar-refractivity contribution is 4.28. The number of hydrogen-bond acceptors (Lipinski definition) is 5. The third-order valence-corrected chi connectivity index (χ3v) is 1.12. The molecule has 1 saturated heterocycles. The molecule has 0 atom stereocenters. The second kappa shape index (κ2) is 8.89. The first-order valence-electron chi connectivity index (χ1n) is 3.59. The van der Waals surface area contributed by atoms with Gasteiger partial charge >= 0.3 is 0 Å². The molecule has 5 heteroatoms. The van der Waals surface area contributed by atoms with Crippen LogP contribution < -0.4 is 0 Å². The van der Waals surface area contributed by atoms with E-state index in [1.807, 2.05) is 0 Å². The monoisotopic (exact) mass is 180 g/mol. The molecule has 0 aromatic rings. The zero-order valence-electron chi connectivity index (χ0n) is 7.74. The Bertz CT molecular complexity index is 66.7. The second-order valence-corrected chi connectivity index (χ2v) is 1.93. The zero-order valence-corrected chi connectivity index (χ0v) is 7.74. The average Bonchev–Trinajstić information content (AvgIpc) is 2.64. The molecule has 0 aromatic carbocycles. The van der Waals surface area contributed by atoms with Crippen molar-refractivity contribution in [3.05, 3.63) is 0 Å². The van der Waals surface area contributed by atoms with Crippen molar-refractivity contribution in [2.75, 3.05) is 41.3 Å². The van der Waals surface area contributed by atoms with Crippen LogP contribution in [0.25, 0.3) is 0 Å². The maximum absolute atomic E-state index is 4.72. The van der Waals surface area contributed by atoms with Gasteiger partial charge in [0, 0.05) is 21.3 Å². The molecule has 74 valence electrons. The van der Waals surface area contributed by atoms with Crippen LogP contribution in [0.2, 0.25) is 0 Å². The van der Waals surface area contributed by atoms with E-state index in [1.54, 1.807) is 0 Å². The Kier molecular flexibility index (Phi) is 8.74. The van der Waals surface area contributed by atoms with E-state index in [9.17, 15) is 0 Å². The smallest absolute Gasteiger partial charge is 0.270 e. The van der Waals surface area contributed by atoms with Crippen LogP contribution in [-0.2, 0) is 23.7 Å². The molecular weight excluding hydrogens is 164 g/mol. The lowest BCUT2D eigenvalue weighted by Crippen LogP contribution is -2.14. The summed E-state index contributed by atoms with van der Waals surface area (Å²) in [6.45, 7) is 1.54. The Morgan fingerprint density at radius 3 is 1.42 bits per heavy atom. The molecule has 0 unspecified atom stereocenters. The summed E-state index contributed by atoms with van der Waals surface area (Å²) in [4.78, 5) is 0. The number of methoxy groups -OCH3 is 3. The highest BCUT2D eigenvalue weighted by Crippen LogP contribution is 1.87. The van der Waals surface area contributed by atoms with Crippen molar-refractivity contribution in [2.24, 2.45) is 0 Å². The summed E-state index contributed by atoms with van der Waals surface area (Å²) >= 11 is 0.